The van der Waals surface area contributed by atoms with E-state index < -0.39 is 18.0 Å². The van der Waals surface area contributed by atoms with Crippen LogP contribution >= 0.6 is 15.9 Å². The van der Waals surface area contributed by atoms with E-state index in [2.05, 4.69) is 26.5 Å². The summed E-state index contributed by atoms with van der Waals surface area (Å²) in [6, 6.07) is 18.8. The summed E-state index contributed by atoms with van der Waals surface area (Å²) in [6.07, 6.45) is 0.719. The van der Waals surface area contributed by atoms with Crippen molar-refractivity contribution in [2.45, 2.75) is 26.9 Å². The summed E-state index contributed by atoms with van der Waals surface area (Å²) < 4.78 is 23.1. The van der Waals surface area contributed by atoms with Crippen molar-refractivity contribution >= 4 is 34.0 Å². The molecular formula is C27H27BrN2O6. The first kappa shape index (κ1) is 26.7. The molecule has 3 aromatic rings. The molecule has 0 aliphatic rings. The van der Waals surface area contributed by atoms with Crippen molar-refractivity contribution in [3.05, 3.63) is 82.3 Å². The molecule has 0 spiro atoms. The van der Waals surface area contributed by atoms with Crippen LogP contribution in [0.4, 0.5) is 0 Å². The molecule has 9 heteroatoms. The van der Waals surface area contributed by atoms with Crippen LogP contribution in [0.5, 0.6) is 23.0 Å². The maximum Gasteiger partial charge on any atom is 0.343 e. The maximum absolute atomic E-state index is 12.6. The number of hydrogen-bond acceptors (Lipinski definition) is 7. The van der Waals surface area contributed by atoms with Crippen LogP contribution < -0.4 is 24.4 Å². The molecule has 0 fully saturated rings. The van der Waals surface area contributed by atoms with Crippen LogP contribution in [0.2, 0.25) is 0 Å². The number of nitrogens with zero attached hydrogens (tertiary/aromatic N) is 1. The third kappa shape index (κ3) is 7.84. The summed E-state index contributed by atoms with van der Waals surface area (Å²) >= 11 is 3.35. The largest absolute Gasteiger partial charge is 0.494 e. The van der Waals surface area contributed by atoms with Crippen molar-refractivity contribution in [3.63, 3.8) is 0 Å². The minimum Gasteiger partial charge on any atom is -0.494 e. The average Bonchev–Trinajstić information content (AvgIpc) is 2.87. The highest BCUT2D eigenvalue weighted by molar-refractivity contribution is 9.10. The lowest BCUT2D eigenvalue weighted by Gasteiger charge is -2.13. The van der Waals surface area contributed by atoms with Crippen LogP contribution in [0, 0.1) is 0 Å². The zero-order valence-electron chi connectivity index (χ0n) is 20.2. The lowest BCUT2D eigenvalue weighted by atomic mass is 10.2. The van der Waals surface area contributed by atoms with E-state index in [9.17, 15) is 9.59 Å². The summed E-state index contributed by atoms with van der Waals surface area (Å²) in [5, 5.41) is 3.99. The Hall–Kier alpha value is -3.85. The Morgan fingerprint density at radius 2 is 1.58 bits per heavy atom. The molecule has 8 nitrogen and oxygen atoms in total. The molecule has 0 aliphatic carbocycles. The van der Waals surface area contributed by atoms with E-state index in [1.54, 1.807) is 61.5 Å². The number of nitrogens with one attached hydrogen (secondary N) is 1. The van der Waals surface area contributed by atoms with Crippen molar-refractivity contribution in [2.75, 3.05) is 13.2 Å². The smallest absolute Gasteiger partial charge is 0.343 e. The number of amides is 1. The van der Waals surface area contributed by atoms with Gasteiger partial charge in [-0.05, 0) is 93.1 Å². The van der Waals surface area contributed by atoms with Gasteiger partial charge in [0.25, 0.3) is 5.91 Å². The minimum absolute atomic E-state index is 0.272. The van der Waals surface area contributed by atoms with E-state index in [0.29, 0.717) is 41.6 Å². The Balaban J connectivity index is 1.61. The van der Waals surface area contributed by atoms with Crippen LogP contribution in [-0.2, 0) is 4.79 Å². The number of ether oxygens (including phenoxy) is 4. The van der Waals surface area contributed by atoms with Crippen LogP contribution in [0.3, 0.4) is 0 Å². The molecule has 1 N–H and O–H groups in total. The topological polar surface area (TPSA) is 95.5 Å². The van der Waals surface area contributed by atoms with Crippen molar-refractivity contribution in [2.24, 2.45) is 5.10 Å². The Morgan fingerprint density at radius 1 is 0.917 bits per heavy atom. The van der Waals surface area contributed by atoms with Crippen molar-refractivity contribution in [3.8, 4) is 23.0 Å². The van der Waals surface area contributed by atoms with Crippen molar-refractivity contribution in [1.82, 2.24) is 5.43 Å². The van der Waals surface area contributed by atoms with Gasteiger partial charge >= 0.3 is 5.97 Å². The number of hydrazone groups is 1. The van der Waals surface area contributed by atoms with Gasteiger partial charge in [0.05, 0.1) is 25.0 Å². The fourth-order valence-corrected chi connectivity index (χ4v) is 3.27. The molecule has 0 heterocycles. The highest BCUT2D eigenvalue weighted by Crippen LogP contribution is 2.29. The normalized spacial score (nSPS) is 11.6. The van der Waals surface area contributed by atoms with Crippen LogP contribution in [0.1, 0.15) is 36.7 Å². The second-order valence-electron chi connectivity index (χ2n) is 7.43. The summed E-state index contributed by atoms with van der Waals surface area (Å²) in [5.41, 5.74) is 3.48. The predicted molar refractivity (Wildman–Crippen MR) is 140 cm³/mol. The van der Waals surface area contributed by atoms with Gasteiger partial charge in [-0.1, -0.05) is 15.9 Å². The Labute approximate surface area is 218 Å². The number of halogens is 1. The summed E-state index contributed by atoms with van der Waals surface area (Å²) in [7, 11) is 0. The Bertz CT molecular complexity index is 1200. The average molecular weight is 555 g/mol. The van der Waals surface area contributed by atoms with E-state index >= 15 is 0 Å². The lowest BCUT2D eigenvalue weighted by molar-refractivity contribution is -0.127. The van der Waals surface area contributed by atoms with E-state index in [1.807, 2.05) is 26.0 Å². The molecule has 0 unspecified atom stereocenters. The van der Waals surface area contributed by atoms with Crippen molar-refractivity contribution in [1.29, 1.82) is 0 Å². The second-order valence-corrected chi connectivity index (χ2v) is 8.35. The van der Waals surface area contributed by atoms with E-state index in [1.165, 1.54) is 6.21 Å². The number of carbonyl (C=O) groups excluding carboxylic acids is 2. The molecule has 0 saturated carbocycles. The van der Waals surface area contributed by atoms with Gasteiger partial charge in [0.15, 0.2) is 17.6 Å². The number of carbonyl (C=O) groups is 2. The number of esters is 1. The molecule has 0 aliphatic heterocycles. The van der Waals surface area contributed by atoms with Gasteiger partial charge in [-0.2, -0.15) is 5.10 Å². The molecule has 36 heavy (non-hydrogen) atoms. The van der Waals surface area contributed by atoms with Crippen LogP contribution in [0.25, 0.3) is 0 Å². The predicted octanol–water partition coefficient (Wildman–Crippen LogP) is 5.38. The first-order valence-electron chi connectivity index (χ1n) is 11.4. The van der Waals surface area contributed by atoms with Crippen LogP contribution in [-0.4, -0.2) is 37.4 Å². The summed E-state index contributed by atoms with van der Waals surface area (Å²) in [4.78, 5) is 24.9. The first-order chi connectivity index (χ1) is 17.4. The molecule has 0 radical (unpaired) electrons. The Kier molecular flexibility index (Phi) is 9.88. The lowest BCUT2D eigenvalue weighted by Crippen LogP contribution is -2.33. The number of hydrogen-bond donors (Lipinski definition) is 1. The highest BCUT2D eigenvalue weighted by atomic mass is 79.9. The SMILES string of the molecule is CCOc1ccc(C(=O)Oc2ccc(/C=N\NC(=O)[C@@H](C)Oc3ccc(Br)cc3)cc2OCC)cc1. The van der Waals surface area contributed by atoms with Gasteiger partial charge in [0, 0.05) is 4.47 Å². The zero-order chi connectivity index (χ0) is 25.9. The highest BCUT2D eigenvalue weighted by Gasteiger charge is 2.15. The minimum atomic E-state index is -0.744. The number of benzene rings is 3. The van der Waals surface area contributed by atoms with Gasteiger partial charge in [-0.3, -0.25) is 4.79 Å². The molecule has 188 valence electrons. The van der Waals surface area contributed by atoms with Crippen molar-refractivity contribution < 1.29 is 28.5 Å². The second kappa shape index (κ2) is 13.3. The molecular weight excluding hydrogens is 528 g/mol. The van der Waals surface area contributed by atoms with Gasteiger partial charge in [0.1, 0.15) is 11.5 Å². The van der Waals surface area contributed by atoms with Crippen LogP contribution in [0.15, 0.2) is 76.3 Å². The maximum atomic E-state index is 12.6. The monoisotopic (exact) mass is 554 g/mol. The third-order valence-corrected chi connectivity index (χ3v) is 5.28. The fourth-order valence-electron chi connectivity index (χ4n) is 3.00. The van der Waals surface area contributed by atoms with E-state index in [0.717, 1.165) is 4.47 Å². The van der Waals surface area contributed by atoms with Gasteiger partial charge in [0.2, 0.25) is 0 Å². The Morgan fingerprint density at radius 3 is 2.25 bits per heavy atom. The first-order valence-corrected chi connectivity index (χ1v) is 12.2. The van der Waals surface area contributed by atoms with Gasteiger partial charge < -0.3 is 18.9 Å². The number of rotatable bonds is 11. The van der Waals surface area contributed by atoms with E-state index in [4.69, 9.17) is 18.9 Å². The molecule has 0 saturated heterocycles. The standard InChI is InChI=1S/C27H27BrN2O6/c1-4-33-22-11-7-20(8-12-22)27(32)36-24-15-6-19(16-25(24)34-5-2)17-29-30-26(31)18(3)35-23-13-9-21(28)10-14-23/h6-18H,4-5H2,1-3H3,(H,30,31)/b29-17-/t18-/m1/s1. The summed E-state index contributed by atoms with van der Waals surface area (Å²) in [6.45, 7) is 6.26. The zero-order valence-corrected chi connectivity index (χ0v) is 21.8. The molecule has 0 bridgehead atoms. The summed E-state index contributed by atoms with van der Waals surface area (Å²) in [5.74, 6) is 0.968. The van der Waals surface area contributed by atoms with Gasteiger partial charge in [-0.25, -0.2) is 10.2 Å². The quantitative estimate of drug-likeness (QED) is 0.148. The fraction of sp³-hybridized carbons (Fsp3) is 0.222. The third-order valence-electron chi connectivity index (χ3n) is 4.76. The molecule has 3 aromatic carbocycles. The van der Waals surface area contributed by atoms with E-state index in [-0.39, 0.29) is 5.75 Å². The molecule has 1 atom stereocenters. The molecule has 0 aromatic heterocycles. The van der Waals surface area contributed by atoms with Gasteiger partial charge in [-0.15, -0.1) is 0 Å². The molecule has 3 rings (SSSR count). The molecule has 1 amide bonds.